The number of oxazole rings is 1. The summed E-state index contributed by atoms with van der Waals surface area (Å²) in [6.45, 7) is 3.77. The molecule has 1 fully saturated rings. The van der Waals surface area contributed by atoms with E-state index in [4.69, 9.17) is 10.2 Å². The van der Waals surface area contributed by atoms with Crippen LogP contribution < -0.4 is 11.1 Å². The van der Waals surface area contributed by atoms with E-state index in [0.717, 1.165) is 30.7 Å². The van der Waals surface area contributed by atoms with Gasteiger partial charge in [-0.05, 0) is 38.3 Å². The first-order valence-electron chi connectivity index (χ1n) is 7.50. The van der Waals surface area contributed by atoms with Crippen molar-refractivity contribution in [1.82, 2.24) is 4.98 Å². The van der Waals surface area contributed by atoms with Crippen LogP contribution in [0, 0.1) is 0 Å². The third kappa shape index (κ3) is 3.42. The van der Waals surface area contributed by atoms with Crippen LogP contribution in [-0.4, -0.2) is 16.4 Å². The monoisotopic (exact) mass is 323 g/mol. The van der Waals surface area contributed by atoms with E-state index in [1.807, 2.05) is 25.1 Å². The molecule has 1 aromatic heterocycles. The van der Waals surface area contributed by atoms with Gasteiger partial charge in [0.05, 0.1) is 5.54 Å². The molecule has 1 saturated carbocycles. The highest BCUT2D eigenvalue weighted by molar-refractivity contribution is 5.98. The number of halogens is 1. The Morgan fingerprint density at radius 3 is 2.86 bits per heavy atom. The molecule has 0 spiro atoms. The number of nitrogens with two attached hydrogens (primary N) is 1. The van der Waals surface area contributed by atoms with Crippen LogP contribution in [0.5, 0.6) is 0 Å². The summed E-state index contributed by atoms with van der Waals surface area (Å²) in [5.74, 6) is 1.11. The largest absolute Gasteiger partial charge is 0.440 e. The summed E-state index contributed by atoms with van der Waals surface area (Å²) in [6.07, 6.45) is 3.82. The van der Waals surface area contributed by atoms with Gasteiger partial charge < -0.3 is 15.5 Å². The number of nitrogens with zero attached hydrogens (tertiary/aromatic N) is 1. The number of rotatable bonds is 5. The smallest absolute Gasteiger partial charge is 0.244 e. The highest BCUT2D eigenvalue weighted by Crippen LogP contribution is 2.40. The van der Waals surface area contributed by atoms with Gasteiger partial charge in [0.25, 0.3) is 0 Å². The molecular formula is C16H22ClN3O2. The number of hydrogen-bond donors (Lipinski definition) is 2. The van der Waals surface area contributed by atoms with Crippen molar-refractivity contribution >= 4 is 35.1 Å². The molecule has 6 heteroatoms. The second-order valence-corrected chi connectivity index (χ2v) is 6.13. The predicted octanol–water partition coefficient (Wildman–Crippen LogP) is 3.58. The SMILES string of the molecule is CCCC(C)(N)C(=O)Nc1ccc2nc(C3CC3)oc2c1.Cl. The Hall–Kier alpha value is -1.59. The second kappa shape index (κ2) is 6.26. The summed E-state index contributed by atoms with van der Waals surface area (Å²) in [6, 6.07) is 5.52. The van der Waals surface area contributed by atoms with E-state index in [-0.39, 0.29) is 18.3 Å². The molecule has 1 aliphatic rings. The third-order valence-corrected chi connectivity index (χ3v) is 3.88. The average Bonchev–Trinajstić information content (AvgIpc) is 3.19. The molecular weight excluding hydrogens is 302 g/mol. The molecule has 3 N–H and O–H groups in total. The summed E-state index contributed by atoms with van der Waals surface area (Å²) in [7, 11) is 0. The summed E-state index contributed by atoms with van der Waals surface area (Å²) in [5, 5.41) is 2.86. The molecule has 0 saturated heterocycles. The number of carbonyl (C=O) groups is 1. The first-order chi connectivity index (χ1) is 9.99. The van der Waals surface area contributed by atoms with Crippen LogP contribution in [0.4, 0.5) is 5.69 Å². The van der Waals surface area contributed by atoms with Crippen LogP contribution in [-0.2, 0) is 4.79 Å². The molecule has 2 aromatic rings. The van der Waals surface area contributed by atoms with Gasteiger partial charge in [-0.15, -0.1) is 12.4 Å². The van der Waals surface area contributed by atoms with Gasteiger partial charge in [0.15, 0.2) is 11.5 Å². The van der Waals surface area contributed by atoms with Gasteiger partial charge in [-0.25, -0.2) is 4.98 Å². The first kappa shape index (κ1) is 16.8. The fourth-order valence-corrected chi connectivity index (χ4v) is 2.43. The minimum Gasteiger partial charge on any atom is -0.440 e. The number of carbonyl (C=O) groups excluding carboxylic acids is 1. The zero-order valence-corrected chi connectivity index (χ0v) is 13.7. The quantitative estimate of drug-likeness (QED) is 0.881. The zero-order chi connectivity index (χ0) is 15.0. The van der Waals surface area contributed by atoms with Gasteiger partial charge in [-0.1, -0.05) is 13.3 Å². The highest BCUT2D eigenvalue weighted by Gasteiger charge is 2.29. The van der Waals surface area contributed by atoms with Gasteiger partial charge in [0, 0.05) is 17.7 Å². The lowest BCUT2D eigenvalue weighted by Gasteiger charge is -2.22. The van der Waals surface area contributed by atoms with E-state index in [0.29, 0.717) is 23.6 Å². The van der Waals surface area contributed by atoms with Crippen molar-refractivity contribution in [2.75, 3.05) is 5.32 Å². The van der Waals surface area contributed by atoms with Crippen LogP contribution in [0.1, 0.15) is 51.3 Å². The Morgan fingerprint density at radius 1 is 1.50 bits per heavy atom. The van der Waals surface area contributed by atoms with Gasteiger partial charge in [-0.2, -0.15) is 0 Å². The van der Waals surface area contributed by atoms with Crippen molar-refractivity contribution in [2.24, 2.45) is 5.73 Å². The van der Waals surface area contributed by atoms with Crippen LogP contribution >= 0.6 is 12.4 Å². The van der Waals surface area contributed by atoms with Crippen molar-refractivity contribution in [1.29, 1.82) is 0 Å². The standard InChI is InChI=1S/C16H21N3O2.ClH/c1-3-8-16(2,17)15(20)18-11-6-7-12-13(9-11)21-14(19-12)10-4-5-10;/h6-7,9-10H,3-5,8,17H2,1-2H3,(H,18,20);1H. The highest BCUT2D eigenvalue weighted by atomic mass is 35.5. The van der Waals surface area contributed by atoms with Gasteiger partial charge in [-0.3, -0.25) is 4.79 Å². The summed E-state index contributed by atoms with van der Waals surface area (Å²) < 4.78 is 5.75. The number of nitrogens with one attached hydrogen (secondary N) is 1. The minimum absolute atomic E-state index is 0. The molecule has 0 bridgehead atoms. The van der Waals surface area contributed by atoms with E-state index < -0.39 is 5.54 Å². The zero-order valence-electron chi connectivity index (χ0n) is 12.9. The van der Waals surface area contributed by atoms with Gasteiger partial charge in [0.2, 0.25) is 5.91 Å². The van der Waals surface area contributed by atoms with Crippen LogP contribution in [0.15, 0.2) is 22.6 Å². The van der Waals surface area contributed by atoms with Gasteiger partial charge in [0.1, 0.15) is 5.52 Å². The number of benzene rings is 1. The molecule has 1 heterocycles. The molecule has 0 radical (unpaired) electrons. The number of amides is 1. The molecule has 1 aliphatic carbocycles. The predicted molar refractivity (Wildman–Crippen MR) is 89.4 cm³/mol. The maximum atomic E-state index is 12.2. The molecule has 120 valence electrons. The fraction of sp³-hybridized carbons (Fsp3) is 0.500. The Bertz CT molecular complexity index is 677. The van der Waals surface area contributed by atoms with Crippen LogP contribution in [0.2, 0.25) is 0 Å². The lowest BCUT2D eigenvalue weighted by atomic mass is 9.96. The van der Waals surface area contributed by atoms with Crippen LogP contribution in [0.25, 0.3) is 11.1 Å². The van der Waals surface area contributed by atoms with Crippen LogP contribution in [0.3, 0.4) is 0 Å². The number of anilines is 1. The first-order valence-corrected chi connectivity index (χ1v) is 7.50. The average molecular weight is 324 g/mol. The summed E-state index contributed by atoms with van der Waals surface area (Å²) in [4.78, 5) is 16.7. The Morgan fingerprint density at radius 2 is 2.23 bits per heavy atom. The Kier molecular flexibility index (Phi) is 4.78. The Balaban J connectivity index is 0.00000176. The van der Waals surface area contributed by atoms with E-state index in [1.54, 1.807) is 6.92 Å². The third-order valence-electron chi connectivity index (χ3n) is 3.88. The van der Waals surface area contributed by atoms with Crippen molar-refractivity contribution < 1.29 is 9.21 Å². The van der Waals surface area contributed by atoms with E-state index in [9.17, 15) is 4.79 Å². The Labute approximate surface area is 136 Å². The lowest BCUT2D eigenvalue weighted by molar-refractivity contribution is -0.120. The number of hydrogen-bond acceptors (Lipinski definition) is 4. The van der Waals surface area contributed by atoms with Crippen molar-refractivity contribution in [3.05, 3.63) is 24.1 Å². The minimum atomic E-state index is -0.857. The van der Waals surface area contributed by atoms with Crippen molar-refractivity contribution in [3.8, 4) is 0 Å². The number of fused-ring (bicyclic) bond motifs is 1. The maximum Gasteiger partial charge on any atom is 0.244 e. The van der Waals surface area contributed by atoms with Crippen molar-refractivity contribution in [3.63, 3.8) is 0 Å². The molecule has 1 amide bonds. The maximum absolute atomic E-state index is 12.2. The second-order valence-electron chi connectivity index (χ2n) is 6.13. The molecule has 1 aromatic carbocycles. The van der Waals surface area contributed by atoms with E-state index >= 15 is 0 Å². The summed E-state index contributed by atoms with van der Waals surface area (Å²) >= 11 is 0. The van der Waals surface area contributed by atoms with Crippen molar-refractivity contribution in [2.45, 2.75) is 51.0 Å². The van der Waals surface area contributed by atoms with E-state index in [1.165, 1.54) is 0 Å². The fourth-order valence-electron chi connectivity index (χ4n) is 2.43. The van der Waals surface area contributed by atoms with E-state index in [2.05, 4.69) is 10.3 Å². The normalized spacial score (nSPS) is 16.9. The van der Waals surface area contributed by atoms with Gasteiger partial charge >= 0.3 is 0 Å². The number of aromatic nitrogens is 1. The molecule has 1 unspecified atom stereocenters. The molecule has 0 aliphatic heterocycles. The summed E-state index contributed by atoms with van der Waals surface area (Å²) in [5.41, 5.74) is 7.42. The topological polar surface area (TPSA) is 81.2 Å². The molecule has 1 atom stereocenters. The molecule has 5 nitrogen and oxygen atoms in total. The molecule has 3 rings (SSSR count). The lowest BCUT2D eigenvalue weighted by Crippen LogP contribution is -2.48. The molecule has 22 heavy (non-hydrogen) atoms.